The summed E-state index contributed by atoms with van der Waals surface area (Å²) < 4.78 is 1.55. The summed E-state index contributed by atoms with van der Waals surface area (Å²) in [5.41, 5.74) is 1.62. The molecule has 0 unspecified atom stereocenters. The first-order valence-corrected chi connectivity index (χ1v) is 7.40. The molecule has 0 fully saturated rings. The van der Waals surface area contributed by atoms with Crippen molar-refractivity contribution in [3.63, 3.8) is 0 Å². The van der Waals surface area contributed by atoms with E-state index in [1.54, 1.807) is 16.1 Å². The zero-order valence-corrected chi connectivity index (χ0v) is 12.5. The molecule has 2 rings (SSSR count). The van der Waals surface area contributed by atoms with Crippen LogP contribution in [0, 0.1) is 10.1 Å². The van der Waals surface area contributed by atoms with E-state index in [4.69, 9.17) is 5.11 Å². The molecule has 0 aliphatic carbocycles. The summed E-state index contributed by atoms with van der Waals surface area (Å²) in [6.45, 7) is 3.87. The smallest absolute Gasteiger partial charge is 0.346 e. The average molecular weight is 309 g/mol. The SMILES string of the molecule is CCc1nn(Cc2ccsc2C(=O)O)c(CC)c1[N+](=O)[O-]. The lowest BCUT2D eigenvalue weighted by molar-refractivity contribution is -0.386. The van der Waals surface area contributed by atoms with Gasteiger partial charge in [-0.3, -0.25) is 14.8 Å². The van der Waals surface area contributed by atoms with Crippen molar-refractivity contribution in [2.75, 3.05) is 0 Å². The fraction of sp³-hybridized carbons (Fsp3) is 0.385. The lowest BCUT2D eigenvalue weighted by atomic mass is 10.2. The molecule has 7 nitrogen and oxygen atoms in total. The molecule has 0 amide bonds. The normalized spacial score (nSPS) is 10.8. The summed E-state index contributed by atoms with van der Waals surface area (Å²) in [7, 11) is 0. The average Bonchev–Trinajstić information content (AvgIpc) is 3.02. The topological polar surface area (TPSA) is 98.3 Å². The molecule has 2 aromatic rings. The number of rotatable bonds is 6. The Morgan fingerprint density at radius 2 is 2.19 bits per heavy atom. The minimum atomic E-state index is -0.990. The van der Waals surface area contributed by atoms with Gasteiger partial charge in [0.15, 0.2) is 0 Å². The molecular formula is C13H15N3O4S. The Kier molecular flexibility index (Phi) is 4.37. The van der Waals surface area contributed by atoms with Crippen LogP contribution in [0.3, 0.4) is 0 Å². The molecule has 0 radical (unpaired) electrons. The van der Waals surface area contributed by atoms with Crippen LogP contribution in [0.25, 0.3) is 0 Å². The van der Waals surface area contributed by atoms with E-state index in [1.165, 1.54) is 0 Å². The van der Waals surface area contributed by atoms with Gasteiger partial charge in [-0.1, -0.05) is 13.8 Å². The summed E-state index contributed by atoms with van der Waals surface area (Å²) in [5.74, 6) is -0.990. The Morgan fingerprint density at radius 1 is 1.48 bits per heavy atom. The van der Waals surface area contributed by atoms with E-state index in [-0.39, 0.29) is 17.1 Å². The van der Waals surface area contributed by atoms with Gasteiger partial charge >= 0.3 is 11.7 Å². The molecule has 21 heavy (non-hydrogen) atoms. The number of hydrogen-bond acceptors (Lipinski definition) is 5. The quantitative estimate of drug-likeness (QED) is 0.653. The van der Waals surface area contributed by atoms with Gasteiger partial charge in [-0.15, -0.1) is 11.3 Å². The summed E-state index contributed by atoms with van der Waals surface area (Å²) in [6.07, 6.45) is 0.932. The monoisotopic (exact) mass is 309 g/mol. The predicted octanol–water partition coefficient (Wildman–Crippen LogP) is 2.72. The largest absolute Gasteiger partial charge is 0.477 e. The first kappa shape index (κ1) is 15.2. The first-order chi connectivity index (χ1) is 9.99. The fourth-order valence-corrected chi connectivity index (χ4v) is 3.03. The van der Waals surface area contributed by atoms with Crippen LogP contribution in [0.4, 0.5) is 5.69 Å². The van der Waals surface area contributed by atoms with Gasteiger partial charge in [0.25, 0.3) is 0 Å². The van der Waals surface area contributed by atoms with Gasteiger partial charge < -0.3 is 5.11 Å². The Labute approximate surface area is 125 Å². The number of aromatic carboxylic acids is 1. The van der Waals surface area contributed by atoms with Gasteiger partial charge in [-0.25, -0.2) is 4.79 Å². The van der Waals surface area contributed by atoms with Crippen molar-refractivity contribution in [2.45, 2.75) is 33.2 Å². The van der Waals surface area contributed by atoms with Crippen LogP contribution in [0.5, 0.6) is 0 Å². The molecule has 0 aromatic carbocycles. The summed E-state index contributed by atoms with van der Waals surface area (Å²) in [4.78, 5) is 22.2. The Balaban J connectivity index is 2.47. The van der Waals surface area contributed by atoms with Crippen molar-refractivity contribution in [1.29, 1.82) is 0 Å². The van der Waals surface area contributed by atoms with E-state index in [0.717, 1.165) is 11.3 Å². The van der Waals surface area contributed by atoms with E-state index < -0.39 is 10.9 Å². The molecule has 0 aliphatic heterocycles. The second-order valence-corrected chi connectivity index (χ2v) is 5.36. The third-order valence-corrected chi connectivity index (χ3v) is 4.16. The maximum absolute atomic E-state index is 11.2. The molecule has 8 heteroatoms. The molecule has 2 aromatic heterocycles. The maximum atomic E-state index is 11.2. The number of hydrogen-bond donors (Lipinski definition) is 1. The zero-order chi connectivity index (χ0) is 15.6. The van der Waals surface area contributed by atoms with Crippen LogP contribution < -0.4 is 0 Å². The minimum Gasteiger partial charge on any atom is -0.477 e. The highest BCUT2D eigenvalue weighted by Crippen LogP contribution is 2.26. The van der Waals surface area contributed by atoms with E-state index >= 15 is 0 Å². The van der Waals surface area contributed by atoms with Crippen molar-refractivity contribution in [3.8, 4) is 0 Å². The molecule has 1 N–H and O–H groups in total. The molecule has 2 heterocycles. The van der Waals surface area contributed by atoms with E-state index in [9.17, 15) is 14.9 Å². The van der Waals surface area contributed by atoms with Gasteiger partial charge in [-0.05, 0) is 29.9 Å². The number of thiophene rings is 1. The number of aryl methyl sites for hydroxylation is 1. The number of aromatic nitrogens is 2. The van der Waals surface area contributed by atoms with Crippen LogP contribution in [0.2, 0.25) is 0 Å². The number of carbonyl (C=O) groups is 1. The molecule has 0 aliphatic rings. The van der Waals surface area contributed by atoms with Crippen LogP contribution in [-0.4, -0.2) is 25.8 Å². The summed E-state index contributed by atoms with van der Waals surface area (Å²) in [5, 5.41) is 26.3. The van der Waals surface area contributed by atoms with E-state index in [1.807, 2.05) is 13.8 Å². The number of carboxylic acid groups (broad SMARTS) is 1. The number of nitrogens with zero attached hydrogens (tertiary/aromatic N) is 3. The van der Waals surface area contributed by atoms with Crippen molar-refractivity contribution in [1.82, 2.24) is 9.78 Å². The van der Waals surface area contributed by atoms with Crippen LogP contribution >= 0.6 is 11.3 Å². The fourth-order valence-electron chi connectivity index (χ4n) is 2.28. The van der Waals surface area contributed by atoms with Crippen LogP contribution in [-0.2, 0) is 19.4 Å². The zero-order valence-electron chi connectivity index (χ0n) is 11.7. The third-order valence-electron chi connectivity index (χ3n) is 3.21. The molecular weight excluding hydrogens is 294 g/mol. The van der Waals surface area contributed by atoms with Gasteiger partial charge in [0.1, 0.15) is 16.3 Å². The second-order valence-electron chi connectivity index (χ2n) is 4.44. The standard InChI is InChI=1S/C13H15N3O4S/c1-3-9-11(16(19)20)10(4-2)15(14-9)7-8-5-6-21-12(8)13(17)18/h5-6H,3-4,7H2,1-2H3,(H,17,18). The number of carboxylic acids is 1. The molecule has 0 saturated carbocycles. The van der Waals surface area contributed by atoms with Gasteiger partial charge in [-0.2, -0.15) is 5.10 Å². The van der Waals surface area contributed by atoms with Gasteiger partial charge in [0.05, 0.1) is 11.5 Å². The maximum Gasteiger partial charge on any atom is 0.346 e. The number of nitro groups is 1. The van der Waals surface area contributed by atoms with E-state index in [0.29, 0.717) is 29.8 Å². The highest BCUT2D eigenvalue weighted by atomic mass is 32.1. The molecule has 0 saturated heterocycles. The Morgan fingerprint density at radius 3 is 2.71 bits per heavy atom. The minimum absolute atomic E-state index is 0.0482. The lowest BCUT2D eigenvalue weighted by Gasteiger charge is -2.05. The Bertz CT molecular complexity index is 690. The van der Waals surface area contributed by atoms with Crippen molar-refractivity contribution in [2.24, 2.45) is 0 Å². The molecule has 112 valence electrons. The highest BCUT2D eigenvalue weighted by molar-refractivity contribution is 7.12. The first-order valence-electron chi connectivity index (χ1n) is 6.52. The summed E-state index contributed by atoms with van der Waals surface area (Å²) in [6, 6.07) is 1.71. The van der Waals surface area contributed by atoms with Crippen molar-refractivity contribution >= 4 is 23.0 Å². The summed E-state index contributed by atoms with van der Waals surface area (Å²) >= 11 is 1.14. The van der Waals surface area contributed by atoms with E-state index in [2.05, 4.69) is 5.10 Å². The van der Waals surface area contributed by atoms with Crippen LogP contribution in [0.1, 0.15) is 40.5 Å². The molecule has 0 spiro atoms. The lowest BCUT2D eigenvalue weighted by Crippen LogP contribution is -2.09. The molecule has 0 atom stereocenters. The van der Waals surface area contributed by atoms with Gasteiger partial charge in [0, 0.05) is 0 Å². The van der Waals surface area contributed by atoms with Gasteiger partial charge in [0.2, 0.25) is 0 Å². The van der Waals surface area contributed by atoms with Crippen molar-refractivity contribution < 1.29 is 14.8 Å². The Hall–Kier alpha value is -2.22. The third kappa shape index (κ3) is 2.80. The van der Waals surface area contributed by atoms with Crippen LogP contribution in [0.15, 0.2) is 11.4 Å². The highest BCUT2D eigenvalue weighted by Gasteiger charge is 2.26. The second kappa shape index (κ2) is 6.04. The van der Waals surface area contributed by atoms with Crippen molar-refractivity contribution in [3.05, 3.63) is 43.4 Å². The molecule has 0 bridgehead atoms. The predicted molar refractivity (Wildman–Crippen MR) is 78.0 cm³/mol.